The van der Waals surface area contributed by atoms with E-state index in [-0.39, 0.29) is 6.10 Å². The number of para-hydroxylation sites is 1. The Hall–Kier alpha value is -1.57. The molecule has 6 nitrogen and oxygen atoms in total. The molecule has 1 aliphatic rings. The van der Waals surface area contributed by atoms with Crippen molar-refractivity contribution in [3.63, 3.8) is 0 Å². The zero-order valence-electron chi connectivity index (χ0n) is 15.1. The molecule has 0 spiro atoms. The molecule has 3 rings (SSSR count). The molecule has 1 saturated heterocycles. The van der Waals surface area contributed by atoms with Gasteiger partial charge < -0.3 is 14.4 Å². The van der Waals surface area contributed by atoms with E-state index in [4.69, 9.17) is 9.47 Å². The molecule has 136 valence electrons. The summed E-state index contributed by atoms with van der Waals surface area (Å²) in [6.45, 7) is 10.1. The lowest BCUT2D eigenvalue weighted by Crippen LogP contribution is -2.38. The Morgan fingerprint density at radius 3 is 2.68 bits per heavy atom. The fourth-order valence-corrected chi connectivity index (χ4v) is 3.54. The van der Waals surface area contributed by atoms with Crippen molar-refractivity contribution in [1.82, 2.24) is 14.8 Å². The number of hydrogen-bond acceptors (Lipinski definition) is 6. The lowest BCUT2D eigenvalue weighted by Gasteiger charge is -2.28. The van der Waals surface area contributed by atoms with Gasteiger partial charge in [-0.15, -0.1) is 10.2 Å². The van der Waals surface area contributed by atoms with E-state index < -0.39 is 0 Å². The molecule has 1 aromatic carbocycles. The van der Waals surface area contributed by atoms with Crippen LogP contribution in [0.25, 0.3) is 5.69 Å². The molecule has 0 atom stereocenters. The number of thioether (sulfide) groups is 1. The molecule has 0 bridgehead atoms. The first-order valence-electron chi connectivity index (χ1n) is 8.75. The average molecular weight is 362 g/mol. The lowest BCUT2D eigenvalue weighted by molar-refractivity contribution is 0.0920. The number of hydrogen-bond donors (Lipinski definition) is 0. The smallest absolute Gasteiger partial charge is 0.232 e. The van der Waals surface area contributed by atoms with Gasteiger partial charge in [-0.2, -0.15) is 0 Å². The third kappa shape index (κ3) is 4.54. The summed E-state index contributed by atoms with van der Waals surface area (Å²) in [7, 11) is 0. The molecule has 0 radical (unpaired) electrons. The highest BCUT2D eigenvalue weighted by atomic mass is 32.2. The Morgan fingerprint density at radius 2 is 1.96 bits per heavy atom. The van der Waals surface area contributed by atoms with Crippen molar-refractivity contribution < 1.29 is 9.47 Å². The van der Waals surface area contributed by atoms with Gasteiger partial charge in [0.15, 0.2) is 5.16 Å². The second-order valence-electron chi connectivity index (χ2n) is 6.27. The summed E-state index contributed by atoms with van der Waals surface area (Å²) in [5.41, 5.74) is 2.33. The highest BCUT2D eigenvalue weighted by Crippen LogP contribution is 2.28. The van der Waals surface area contributed by atoms with Crippen LogP contribution in [0, 0.1) is 6.92 Å². The molecule has 7 heteroatoms. The van der Waals surface area contributed by atoms with Gasteiger partial charge in [0, 0.05) is 18.8 Å². The molecular weight excluding hydrogens is 336 g/mol. The minimum absolute atomic E-state index is 0.249. The van der Waals surface area contributed by atoms with Crippen molar-refractivity contribution in [2.45, 2.75) is 32.0 Å². The van der Waals surface area contributed by atoms with E-state index in [1.807, 2.05) is 0 Å². The summed E-state index contributed by atoms with van der Waals surface area (Å²) in [6.07, 6.45) is 0.249. The molecule has 0 aliphatic carbocycles. The summed E-state index contributed by atoms with van der Waals surface area (Å²) in [5.74, 6) is 1.75. The van der Waals surface area contributed by atoms with Crippen LogP contribution in [-0.2, 0) is 9.47 Å². The van der Waals surface area contributed by atoms with Gasteiger partial charge in [0.2, 0.25) is 5.95 Å². The quantitative estimate of drug-likeness (QED) is 0.558. The van der Waals surface area contributed by atoms with Crippen LogP contribution in [0.3, 0.4) is 0 Å². The lowest BCUT2D eigenvalue weighted by atomic mass is 10.2. The van der Waals surface area contributed by atoms with E-state index in [1.165, 1.54) is 5.56 Å². The average Bonchev–Trinajstić information content (AvgIpc) is 3.03. The van der Waals surface area contributed by atoms with Crippen molar-refractivity contribution in [2.75, 3.05) is 43.6 Å². The zero-order chi connectivity index (χ0) is 17.6. The van der Waals surface area contributed by atoms with Crippen LogP contribution in [0.4, 0.5) is 5.95 Å². The Kier molecular flexibility index (Phi) is 6.34. The van der Waals surface area contributed by atoms with Gasteiger partial charge in [0.05, 0.1) is 31.6 Å². The summed E-state index contributed by atoms with van der Waals surface area (Å²) < 4.78 is 13.3. The number of rotatable bonds is 7. The van der Waals surface area contributed by atoms with Crippen molar-refractivity contribution >= 4 is 17.7 Å². The van der Waals surface area contributed by atoms with Crippen molar-refractivity contribution in [2.24, 2.45) is 0 Å². The summed E-state index contributed by atoms with van der Waals surface area (Å²) in [6, 6.07) is 8.36. The Bertz CT molecular complexity index is 683. The molecular formula is C18H26N4O2S. The predicted molar refractivity (Wildman–Crippen MR) is 101 cm³/mol. The molecule has 0 saturated carbocycles. The maximum absolute atomic E-state index is 5.65. The Morgan fingerprint density at radius 1 is 1.20 bits per heavy atom. The topological polar surface area (TPSA) is 52.4 Å². The molecule has 2 aromatic rings. The van der Waals surface area contributed by atoms with Crippen LogP contribution >= 0.6 is 11.8 Å². The molecule has 25 heavy (non-hydrogen) atoms. The third-order valence-corrected chi connectivity index (χ3v) is 4.93. The second kappa shape index (κ2) is 8.69. The number of benzene rings is 1. The monoisotopic (exact) mass is 362 g/mol. The Labute approximate surface area is 153 Å². The molecule has 1 aromatic heterocycles. The maximum Gasteiger partial charge on any atom is 0.232 e. The molecule has 0 amide bonds. The van der Waals surface area contributed by atoms with E-state index in [0.29, 0.717) is 6.61 Å². The van der Waals surface area contributed by atoms with E-state index in [9.17, 15) is 0 Å². The first kappa shape index (κ1) is 18.2. The van der Waals surface area contributed by atoms with E-state index in [1.54, 1.807) is 11.8 Å². The van der Waals surface area contributed by atoms with E-state index in [0.717, 1.165) is 48.8 Å². The van der Waals surface area contributed by atoms with Crippen molar-refractivity contribution in [1.29, 1.82) is 0 Å². The van der Waals surface area contributed by atoms with Gasteiger partial charge in [-0.3, -0.25) is 4.57 Å². The van der Waals surface area contributed by atoms with Crippen molar-refractivity contribution in [3.05, 3.63) is 29.8 Å². The summed E-state index contributed by atoms with van der Waals surface area (Å²) >= 11 is 1.68. The first-order chi connectivity index (χ1) is 12.2. The largest absolute Gasteiger partial charge is 0.378 e. The molecule has 2 heterocycles. The SMILES string of the molecule is Cc1ccccc1-n1c(SCCOC(C)C)nnc1N1CCOCC1. The van der Waals surface area contributed by atoms with Gasteiger partial charge in [-0.25, -0.2) is 0 Å². The Balaban J connectivity index is 1.87. The van der Waals surface area contributed by atoms with Gasteiger partial charge in [-0.05, 0) is 32.4 Å². The number of morpholine rings is 1. The third-order valence-electron chi connectivity index (χ3n) is 4.03. The van der Waals surface area contributed by atoms with Crippen LogP contribution in [0.1, 0.15) is 19.4 Å². The number of aromatic nitrogens is 3. The molecule has 0 unspecified atom stereocenters. The summed E-state index contributed by atoms with van der Waals surface area (Å²) in [4.78, 5) is 2.25. The fourth-order valence-electron chi connectivity index (χ4n) is 2.77. The highest BCUT2D eigenvalue weighted by Gasteiger charge is 2.22. The van der Waals surface area contributed by atoms with Gasteiger partial charge >= 0.3 is 0 Å². The van der Waals surface area contributed by atoms with Crippen LogP contribution in [-0.4, -0.2) is 59.5 Å². The van der Waals surface area contributed by atoms with E-state index in [2.05, 4.69) is 64.7 Å². The highest BCUT2D eigenvalue weighted by molar-refractivity contribution is 7.99. The second-order valence-corrected chi connectivity index (χ2v) is 7.33. The summed E-state index contributed by atoms with van der Waals surface area (Å²) in [5, 5.41) is 9.86. The number of anilines is 1. The molecule has 1 fully saturated rings. The fraction of sp³-hybridized carbons (Fsp3) is 0.556. The predicted octanol–water partition coefficient (Wildman–Crippen LogP) is 2.93. The van der Waals surface area contributed by atoms with E-state index >= 15 is 0 Å². The van der Waals surface area contributed by atoms with Crippen LogP contribution in [0.5, 0.6) is 0 Å². The zero-order valence-corrected chi connectivity index (χ0v) is 16.0. The molecule has 1 aliphatic heterocycles. The van der Waals surface area contributed by atoms with Crippen LogP contribution < -0.4 is 4.90 Å². The van der Waals surface area contributed by atoms with Gasteiger partial charge in [-0.1, -0.05) is 30.0 Å². The maximum atomic E-state index is 5.65. The van der Waals surface area contributed by atoms with Gasteiger partial charge in [0.25, 0.3) is 0 Å². The minimum atomic E-state index is 0.249. The van der Waals surface area contributed by atoms with Crippen LogP contribution in [0.2, 0.25) is 0 Å². The van der Waals surface area contributed by atoms with Crippen molar-refractivity contribution in [3.8, 4) is 5.69 Å². The normalized spacial score (nSPS) is 15.1. The number of aryl methyl sites for hydroxylation is 1. The van der Waals surface area contributed by atoms with Gasteiger partial charge in [0.1, 0.15) is 0 Å². The minimum Gasteiger partial charge on any atom is -0.378 e. The number of nitrogens with zero attached hydrogens (tertiary/aromatic N) is 4. The standard InChI is InChI=1S/C18H26N4O2S/c1-14(2)24-12-13-25-18-20-19-17(21-8-10-23-11-9-21)22(18)16-7-5-4-6-15(16)3/h4-7,14H,8-13H2,1-3H3. The number of ether oxygens (including phenoxy) is 2. The first-order valence-corrected chi connectivity index (χ1v) is 9.74. The molecule has 0 N–H and O–H groups in total. The van der Waals surface area contributed by atoms with Crippen LogP contribution in [0.15, 0.2) is 29.4 Å².